The highest BCUT2D eigenvalue weighted by Crippen LogP contribution is 2.65. The van der Waals surface area contributed by atoms with Gasteiger partial charge in [0.2, 0.25) is 0 Å². The van der Waals surface area contributed by atoms with Gasteiger partial charge in [-0.25, -0.2) is 4.48 Å². The fourth-order valence-electron chi connectivity index (χ4n) is 6.73. The summed E-state index contributed by atoms with van der Waals surface area (Å²) in [4.78, 5) is 2.49. The molecule has 3 aliphatic rings. The van der Waals surface area contributed by atoms with Crippen molar-refractivity contribution < 1.29 is 4.42 Å². The Bertz CT molecular complexity index is 1410. The van der Waals surface area contributed by atoms with Gasteiger partial charge >= 0.3 is 0 Å². The molecule has 148 valence electrons. The average molecular weight is 394 g/mol. The van der Waals surface area contributed by atoms with E-state index in [2.05, 4.69) is 87.1 Å². The normalized spacial score (nSPS) is 28.8. The van der Waals surface area contributed by atoms with Gasteiger partial charge in [0, 0.05) is 35.4 Å². The number of benzene rings is 3. The molecule has 0 bridgehead atoms. The number of rotatable bonds is 0. The molecule has 1 aliphatic carbocycles. The van der Waals surface area contributed by atoms with E-state index in [9.17, 15) is 0 Å². The maximum Gasteiger partial charge on any atom is 0.196 e. The van der Waals surface area contributed by atoms with Crippen molar-refractivity contribution in [1.82, 2.24) is 4.48 Å². The molecule has 3 heterocycles. The quantitative estimate of drug-likeness (QED) is 0.247. The van der Waals surface area contributed by atoms with Crippen molar-refractivity contribution in [3.8, 4) is 0 Å². The van der Waals surface area contributed by atoms with E-state index in [1.54, 1.807) is 0 Å². The van der Waals surface area contributed by atoms with Gasteiger partial charge in [-0.3, -0.25) is 0 Å². The molecule has 1 saturated carbocycles. The Kier molecular flexibility index (Phi) is 2.88. The highest BCUT2D eigenvalue weighted by molar-refractivity contribution is 6.10. The van der Waals surface area contributed by atoms with Crippen LogP contribution in [0.3, 0.4) is 0 Å². The van der Waals surface area contributed by atoms with Crippen molar-refractivity contribution in [3.63, 3.8) is 0 Å². The molecule has 0 radical (unpaired) electrons. The molecule has 2 aliphatic heterocycles. The third-order valence-electron chi connectivity index (χ3n) is 8.06. The lowest BCUT2D eigenvalue weighted by atomic mass is 9.61. The zero-order valence-electron chi connectivity index (χ0n) is 17.6. The average Bonchev–Trinajstić information content (AvgIpc) is 3.21. The van der Waals surface area contributed by atoms with Crippen LogP contribution in [0.5, 0.6) is 0 Å². The zero-order valence-corrected chi connectivity index (χ0v) is 17.6. The van der Waals surface area contributed by atoms with Gasteiger partial charge in [0.15, 0.2) is 23.1 Å². The first-order valence-corrected chi connectivity index (χ1v) is 10.8. The minimum absolute atomic E-state index is 0.321. The third kappa shape index (κ3) is 1.69. The predicted molar refractivity (Wildman–Crippen MR) is 124 cm³/mol. The van der Waals surface area contributed by atoms with Crippen LogP contribution >= 0.6 is 0 Å². The number of hydrogen-bond donors (Lipinski definition) is 0. The molecule has 1 fully saturated rings. The number of aryl methyl sites for hydroxylation is 1. The number of para-hydroxylation sites is 2. The van der Waals surface area contributed by atoms with E-state index in [4.69, 9.17) is 4.42 Å². The Labute approximate surface area is 176 Å². The second kappa shape index (κ2) is 5.16. The molecular weight excluding hydrogens is 368 g/mol. The number of furan rings is 1. The summed E-state index contributed by atoms with van der Waals surface area (Å²) in [6, 6.07) is 20.1. The van der Waals surface area contributed by atoms with Gasteiger partial charge in [0.05, 0.1) is 13.0 Å². The Balaban J connectivity index is 1.64. The summed E-state index contributed by atoms with van der Waals surface area (Å²) in [5.74, 6) is 1.00. The second-order valence-corrected chi connectivity index (χ2v) is 9.57. The van der Waals surface area contributed by atoms with Crippen LogP contribution in [-0.4, -0.2) is 20.3 Å². The molecular formula is C27H25N2O+. The number of quaternary nitrogens is 1. The fourth-order valence-corrected chi connectivity index (χ4v) is 6.73. The summed E-state index contributed by atoms with van der Waals surface area (Å²) in [7, 11) is 4.63. The van der Waals surface area contributed by atoms with Gasteiger partial charge in [-0.15, -0.1) is 0 Å². The Hall–Kier alpha value is -3.04. The van der Waals surface area contributed by atoms with Crippen molar-refractivity contribution >= 4 is 39.0 Å². The van der Waals surface area contributed by atoms with Crippen LogP contribution in [0.4, 0.5) is 17.1 Å². The topological polar surface area (TPSA) is 16.4 Å². The Morgan fingerprint density at radius 1 is 1.07 bits per heavy atom. The minimum Gasteiger partial charge on any atom is -0.450 e. The third-order valence-corrected chi connectivity index (χ3v) is 8.06. The van der Waals surface area contributed by atoms with Gasteiger partial charge in [-0.1, -0.05) is 42.0 Å². The summed E-state index contributed by atoms with van der Waals surface area (Å²) < 4.78 is 7.37. The number of anilines is 1. The van der Waals surface area contributed by atoms with Gasteiger partial charge in [-0.2, -0.15) is 0 Å². The van der Waals surface area contributed by atoms with Gasteiger partial charge in [0.1, 0.15) is 11.3 Å². The SMILES string of the molecule is C=C1CC2c3ccc4c(oc5ccc(C)cc54)c3[N+]3(C)c4ccccc4N(C)C3C12. The van der Waals surface area contributed by atoms with Crippen LogP contribution in [0.1, 0.15) is 23.5 Å². The number of fused-ring (bicyclic) bond motifs is 12. The van der Waals surface area contributed by atoms with Crippen molar-refractivity contribution in [1.29, 1.82) is 0 Å². The lowest BCUT2D eigenvalue weighted by molar-refractivity contribution is 0.183. The van der Waals surface area contributed by atoms with E-state index >= 15 is 0 Å². The van der Waals surface area contributed by atoms with Gasteiger partial charge < -0.3 is 9.32 Å². The van der Waals surface area contributed by atoms with E-state index in [1.807, 2.05) is 0 Å². The first-order valence-electron chi connectivity index (χ1n) is 10.8. The number of nitrogens with zero attached hydrogens (tertiary/aromatic N) is 2. The summed E-state index contributed by atoms with van der Waals surface area (Å²) in [5, 5.41) is 2.45. The standard InChI is InChI=1S/C27H25N2O/c1-15-9-12-23-19(13-15)18-11-10-17-20-14-16(2)24(20)27-28(3)21-7-5-6-8-22(21)29(27,4)25(17)26(18)30-23/h5-13,20,24,27H,2,14H2,1,3-4H3/q+1. The predicted octanol–water partition coefficient (Wildman–Crippen LogP) is 6.61. The molecule has 4 unspecified atom stereocenters. The summed E-state index contributed by atoms with van der Waals surface area (Å²) in [5.41, 5.74) is 10.2. The monoisotopic (exact) mass is 393 g/mol. The lowest BCUT2D eigenvalue weighted by Gasteiger charge is -2.54. The van der Waals surface area contributed by atoms with Gasteiger partial charge in [-0.05, 0) is 37.6 Å². The van der Waals surface area contributed by atoms with Crippen molar-refractivity contribution in [2.45, 2.75) is 25.4 Å². The van der Waals surface area contributed by atoms with Crippen LogP contribution < -0.4 is 9.38 Å². The molecule has 3 nitrogen and oxygen atoms in total. The Morgan fingerprint density at radius 2 is 1.90 bits per heavy atom. The second-order valence-electron chi connectivity index (χ2n) is 9.57. The van der Waals surface area contributed by atoms with Gasteiger partial charge in [0.25, 0.3) is 0 Å². The van der Waals surface area contributed by atoms with Crippen molar-refractivity contribution in [2.75, 3.05) is 19.0 Å². The molecule has 0 N–H and O–H groups in total. The number of hydrogen-bond acceptors (Lipinski definition) is 2. The first kappa shape index (κ1) is 16.7. The van der Waals surface area contributed by atoms with Crippen molar-refractivity contribution in [3.05, 3.63) is 77.9 Å². The molecule has 0 saturated heterocycles. The maximum atomic E-state index is 6.61. The van der Waals surface area contributed by atoms with Crippen LogP contribution in [-0.2, 0) is 0 Å². The molecule has 4 atom stereocenters. The fraction of sp³-hybridized carbons (Fsp3) is 0.259. The largest absolute Gasteiger partial charge is 0.450 e. The van der Waals surface area contributed by atoms with Crippen molar-refractivity contribution in [2.24, 2.45) is 5.92 Å². The zero-order chi connectivity index (χ0) is 20.4. The molecule has 30 heavy (non-hydrogen) atoms. The lowest BCUT2D eigenvalue weighted by Crippen LogP contribution is -2.63. The Morgan fingerprint density at radius 3 is 2.73 bits per heavy atom. The molecule has 1 aromatic heterocycles. The van der Waals surface area contributed by atoms with E-state index in [0.717, 1.165) is 22.1 Å². The highest BCUT2D eigenvalue weighted by Gasteiger charge is 2.63. The highest BCUT2D eigenvalue weighted by atomic mass is 16.3. The van der Waals surface area contributed by atoms with Crippen LogP contribution in [0.15, 0.2) is 71.2 Å². The van der Waals surface area contributed by atoms with Crippen LogP contribution in [0.2, 0.25) is 0 Å². The molecule has 3 heteroatoms. The first-order chi connectivity index (χ1) is 14.5. The van der Waals surface area contributed by atoms with E-state index < -0.39 is 0 Å². The summed E-state index contributed by atoms with van der Waals surface area (Å²) in [6.45, 7) is 6.60. The molecule has 0 amide bonds. The summed E-state index contributed by atoms with van der Waals surface area (Å²) >= 11 is 0. The minimum atomic E-state index is 0.321. The van der Waals surface area contributed by atoms with Crippen LogP contribution in [0.25, 0.3) is 21.9 Å². The van der Waals surface area contributed by atoms with E-state index in [1.165, 1.54) is 44.5 Å². The molecule has 3 aromatic carbocycles. The van der Waals surface area contributed by atoms with E-state index in [0.29, 0.717) is 18.0 Å². The molecule has 4 aromatic rings. The smallest absolute Gasteiger partial charge is 0.196 e. The maximum absolute atomic E-state index is 6.61. The summed E-state index contributed by atoms with van der Waals surface area (Å²) in [6.07, 6.45) is 1.41. The molecule has 7 rings (SSSR count). The molecule has 0 spiro atoms. The van der Waals surface area contributed by atoms with Crippen LogP contribution in [0, 0.1) is 12.8 Å². The van der Waals surface area contributed by atoms with E-state index in [-0.39, 0.29) is 0 Å².